The number of aliphatic hydroxyl groups is 1. The highest BCUT2D eigenvalue weighted by atomic mass is 31.1. The Morgan fingerprint density at radius 2 is 2.00 bits per heavy atom. The normalized spacial score (nSPS) is 17.0. The van der Waals surface area contributed by atoms with Crippen LogP contribution in [0.2, 0.25) is 0 Å². The van der Waals surface area contributed by atoms with Gasteiger partial charge >= 0.3 is 14.0 Å². The molecule has 0 heterocycles. The van der Waals surface area contributed by atoms with E-state index in [1.807, 2.05) is 12.2 Å². The number of hydrogen-bond acceptors (Lipinski definition) is 4. The first-order chi connectivity index (χ1) is 13.3. The third-order valence-electron chi connectivity index (χ3n) is 5.22. The first-order valence-electron chi connectivity index (χ1n) is 10.1. The van der Waals surface area contributed by atoms with Crippen molar-refractivity contribution in [2.24, 2.45) is 5.92 Å². The molecule has 2 unspecified atom stereocenters. The lowest BCUT2D eigenvalue weighted by Crippen LogP contribution is -2.15. The Morgan fingerprint density at radius 3 is 2.68 bits per heavy atom. The largest absolute Gasteiger partial charge is 0.511 e. The van der Waals surface area contributed by atoms with Crippen LogP contribution in [0.5, 0.6) is 0 Å². The third-order valence-corrected chi connectivity index (χ3v) is 6.38. The van der Waals surface area contributed by atoms with Crippen molar-refractivity contribution in [2.45, 2.75) is 64.9 Å². The highest BCUT2D eigenvalue weighted by Gasteiger charge is 2.24. The molecule has 0 saturated heterocycles. The Labute approximate surface area is 168 Å². The van der Waals surface area contributed by atoms with Crippen LogP contribution in [0, 0.1) is 19.8 Å². The Balaban J connectivity index is 1.94. The van der Waals surface area contributed by atoms with Crippen molar-refractivity contribution in [3.63, 3.8) is 0 Å². The SMILES string of the molecule is Cc1cc(C)c(C=CCO[P+](=O)CC(O)CC(=O)O)c(CC2CCCCC2)c1. The van der Waals surface area contributed by atoms with E-state index in [9.17, 15) is 14.5 Å². The first-order valence-corrected chi connectivity index (χ1v) is 11.5. The second-order valence-electron chi connectivity index (χ2n) is 7.83. The molecule has 0 amide bonds. The fourth-order valence-electron chi connectivity index (χ4n) is 3.96. The van der Waals surface area contributed by atoms with Crippen LogP contribution in [-0.2, 0) is 20.3 Å². The summed E-state index contributed by atoms with van der Waals surface area (Å²) in [5, 5.41) is 18.1. The summed E-state index contributed by atoms with van der Waals surface area (Å²) in [7, 11) is -2.08. The van der Waals surface area contributed by atoms with Crippen molar-refractivity contribution in [1.29, 1.82) is 0 Å². The van der Waals surface area contributed by atoms with Crippen molar-refractivity contribution < 1.29 is 24.1 Å². The molecule has 0 spiro atoms. The molecule has 1 aliphatic rings. The predicted octanol–water partition coefficient (Wildman–Crippen LogP) is 5.03. The zero-order valence-electron chi connectivity index (χ0n) is 16.9. The lowest BCUT2D eigenvalue weighted by atomic mass is 9.83. The minimum Gasteiger partial charge on any atom is -0.481 e. The average Bonchev–Trinajstić information content (AvgIpc) is 2.60. The van der Waals surface area contributed by atoms with Gasteiger partial charge in [-0.15, -0.1) is 4.52 Å². The molecule has 2 rings (SSSR count). The van der Waals surface area contributed by atoms with Crippen LogP contribution in [0.25, 0.3) is 6.08 Å². The van der Waals surface area contributed by atoms with Crippen LogP contribution in [0.15, 0.2) is 18.2 Å². The second-order valence-corrected chi connectivity index (χ2v) is 9.12. The molecule has 28 heavy (non-hydrogen) atoms. The molecule has 0 radical (unpaired) electrons. The van der Waals surface area contributed by atoms with Gasteiger partial charge in [0.25, 0.3) is 0 Å². The number of carboxylic acid groups (broad SMARTS) is 1. The summed E-state index contributed by atoms with van der Waals surface area (Å²) in [4.78, 5) is 10.5. The van der Waals surface area contributed by atoms with Gasteiger partial charge in [-0.25, -0.2) is 0 Å². The molecule has 2 N–H and O–H groups in total. The zero-order valence-corrected chi connectivity index (χ0v) is 17.8. The van der Waals surface area contributed by atoms with Crippen molar-refractivity contribution in [1.82, 2.24) is 0 Å². The van der Waals surface area contributed by atoms with Gasteiger partial charge in [0.2, 0.25) is 6.16 Å². The van der Waals surface area contributed by atoms with Crippen LogP contribution in [0.3, 0.4) is 0 Å². The summed E-state index contributed by atoms with van der Waals surface area (Å²) in [6, 6.07) is 4.44. The maximum atomic E-state index is 11.8. The molecule has 1 saturated carbocycles. The third kappa shape index (κ3) is 7.83. The number of aryl methyl sites for hydroxylation is 2. The summed E-state index contributed by atoms with van der Waals surface area (Å²) in [6.07, 6.45) is 9.86. The molecule has 2 atom stereocenters. The van der Waals surface area contributed by atoms with E-state index in [1.165, 1.54) is 54.4 Å². The summed E-state index contributed by atoms with van der Waals surface area (Å²) >= 11 is 0. The lowest BCUT2D eigenvalue weighted by Gasteiger charge is -2.23. The maximum Gasteiger partial charge on any atom is 0.511 e. The van der Waals surface area contributed by atoms with E-state index in [0.29, 0.717) is 0 Å². The number of rotatable bonds is 10. The fraction of sp³-hybridized carbons (Fsp3) is 0.591. The molecule has 6 heteroatoms. The molecule has 0 aliphatic heterocycles. The Hall–Kier alpha value is -1.55. The molecule has 1 aromatic rings. The zero-order chi connectivity index (χ0) is 20.5. The van der Waals surface area contributed by atoms with Gasteiger partial charge in [-0.3, -0.25) is 4.79 Å². The fourth-order valence-corrected chi connectivity index (χ4v) is 4.79. The van der Waals surface area contributed by atoms with Gasteiger partial charge in [0.15, 0.2) is 0 Å². The summed E-state index contributed by atoms with van der Waals surface area (Å²) in [6.45, 7) is 4.41. The van der Waals surface area contributed by atoms with E-state index >= 15 is 0 Å². The summed E-state index contributed by atoms with van der Waals surface area (Å²) in [5.41, 5.74) is 5.07. The van der Waals surface area contributed by atoms with Gasteiger partial charge < -0.3 is 10.2 Å². The van der Waals surface area contributed by atoms with Gasteiger partial charge in [-0.2, -0.15) is 0 Å². The molecule has 0 aromatic heterocycles. The summed E-state index contributed by atoms with van der Waals surface area (Å²) < 4.78 is 17.1. The second kappa shape index (κ2) is 11.5. The smallest absolute Gasteiger partial charge is 0.481 e. The number of hydrogen-bond donors (Lipinski definition) is 2. The van der Waals surface area contributed by atoms with E-state index in [2.05, 4.69) is 26.0 Å². The van der Waals surface area contributed by atoms with E-state index in [4.69, 9.17) is 9.63 Å². The van der Waals surface area contributed by atoms with Crippen LogP contribution in [0.4, 0.5) is 0 Å². The number of carboxylic acids is 1. The predicted molar refractivity (Wildman–Crippen MR) is 112 cm³/mol. The topological polar surface area (TPSA) is 83.8 Å². The Kier molecular flexibility index (Phi) is 9.30. The van der Waals surface area contributed by atoms with Gasteiger partial charge in [-0.1, -0.05) is 62.0 Å². The molecule has 1 aliphatic carbocycles. The Morgan fingerprint density at radius 1 is 1.29 bits per heavy atom. The average molecular weight is 407 g/mol. The minimum absolute atomic E-state index is 0.161. The van der Waals surface area contributed by atoms with E-state index in [-0.39, 0.29) is 12.8 Å². The van der Waals surface area contributed by atoms with Crippen molar-refractivity contribution >= 4 is 20.1 Å². The van der Waals surface area contributed by atoms with Gasteiger partial charge in [0.1, 0.15) is 12.7 Å². The molecule has 1 fully saturated rings. The maximum absolute atomic E-state index is 11.8. The van der Waals surface area contributed by atoms with E-state index < -0.39 is 26.5 Å². The number of carbonyl (C=O) groups is 1. The van der Waals surface area contributed by atoms with Gasteiger partial charge in [0.05, 0.1) is 6.42 Å². The van der Waals surface area contributed by atoms with Gasteiger partial charge in [0, 0.05) is 0 Å². The standard InChI is InChI=1S/C22H31O5P/c1-16-11-17(2)21(19(12-16)13-18-7-4-3-5-8-18)9-6-10-27-28(26)15-20(23)14-22(24)25/h6,9,11-12,18,20,23H,3-5,7-8,10,13-15H2,1-2H3/p+1. The highest BCUT2D eigenvalue weighted by molar-refractivity contribution is 7.39. The van der Waals surface area contributed by atoms with Crippen LogP contribution in [-0.4, -0.2) is 35.1 Å². The number of aliphatic hydroxyl groups excluding tert-OH is 1. The molecule has 154 valence electrons. The lowest BCUT2D eigenvalue weighted by molar-refractivity contribution is -0.138. The number of benzene rings is 1. The van der Waals surface area contributed by atoms with Crippen LogP contribution in [0.1, 0.15) is 60.8 Å². The van der Waals surface area contributed by atoms with Crippen molar-refractivity contribution in [3.05, 3.63) is 40.5 Å². The monoisotopic (exact) mass is 407 g/mol. The van der Waals surface area contributed by atoms with Crippen molar-refractivity contribution in [2.75, 3.05) is 12.8 Å². The summed E-state index contributed by atoms with van der Waals surface area (Å²) in [5.74, 6) is -0.361. The van der Waals surface area contributed by atoms with Gasteiger partial charge in [-0.05, 0) is 47.4 Å². The quantitative estimate of drug-likeness (QED) is 0.531. The number of aliphatic carboxylic acids is 1. The molecule has 0 bridgehead atoms. The highest BCUT2D eigenvalue weighted by Crippen LogP contribution is 2.30. The molecule has 1 aromatic carbocycles. The molecular formula is C22H32O5P+. The van der Waals surface area contributed by atoms with Crippen LogP contribution < -0.4 is 0 Å². The first kappa shape index (κ1) is 22.7. The van der Waals surface area contributed by atoms with Crippen molar-refractivity contribution in [3.8, 4) is 0 Å². The molecular weight excluding hydrogens is 375 g/mol. The molecule has 5 nitrogen and oxygen atoms in total. The minimum atomic E-state index is -2.08. The van der Waals surface area contributed by atoms with E-state index in [1.54, 1.807) is 0 Å². The Bertz CT molecular complexity index is 707. The van der Waals surface area contributed by atoms with E-state index in [0.717, 1.165) is 12.3 Å². The van der Waals surface area contributed by atoms with Crippen LogP contribution >= 0.6 is 8.03 Å².